The normalized spacial score (nSPS) is 22.0. The van der Waals surface area contributed by atoms with Crippen molar-refractivity contribution >= 4 is 0 Å². The maximum atomic E-state index is 3.72. The molecule has 0 bridgehead atoms. The van der Waals surface area contributed by atoms with Crippen LogP contribution in [0, 0.1) is 5.41 Å². The highest BCUT2D eigenvalue weighted by Gasteiger charge is 2.35. The van der Waals surface area contributed by atoms with Crippen molar-refractivity contribution in [3.63, 3.8) is 0 Å². The highest BCUT2D eigenvalue weighted by Crippen LogP contribution is 2.35. The molecule has 0 spiro atoms. The molecule has 0 aromatic rings. The van der Waals surface area contributed by atoms with E-state index in [1.54, 1.807) is 0 Å². The van der Waals surface area contributed by atoms with Gasteiger partial charge in [0, 0.05) is 12.1 Å². The van der Waals surface area contributed by atoms with Crippen LogP contribution in [0.5, 0.6) is 0 Å². The van der Waals surface area contributed by atoms with Crippen LogP contribution >= 0.6 is 0 Å². The minimum Gasteiger partial charge on any atom is -0.311 e. The van der Waals surface area contributed by atoms with Crippen LogP contribution in [0.1, 0.15) is 53.4 Å². The van der Waals surface area contributed by atoms with Gasteiger partial charge in [-0.15, -0.1) is 0 Å². The molecule has 1 aliphatic carbocycles. The molecule has 0 radical (unpaired) electrons. The second-order valence-corrected chi connectivity index (χ2v) is 5.40. The van der Waals surface area contributed by atoms with Gasteiger partial charge >= 0.3 is 0 Å². The van der Waals surface area contributed by atoms with Crippen molar-refractivity contribution in [2.75, 3.05) is 6.54 Å². The molecule has 0 saturated heterocycles. The number of rotatable bonds is 3. The summed E-state index contributed by atoms with van der Waals surface area (Å²) in [5.74, 6) is 0. The van der Waals surface area contributed by atoms with Crippen LogP contribution in [0.2, 0.25) is 0 Å². The summed E-state index contributed by atoms with van der Waals surface area (Å²) in [6.07, 6.45) is 5.49. The number of hydrogen-bond donors (Lipinski definition) is 1. The predicted molar refractivity (Wildman–Crippen MR) is 54.3 cm³/mol. The highest BCUT2D eigenvalue weighted by atomic mass is 15.0. The van der Waals surface area contributed by atoms with Gasteiger partial charge in [0.15, 0.2) is 0 Å². The van der Waals surface area contributed by atoms with Gasteiger partial charge in [-0.25, -0.2) is 0 Å². The summed E-state index contributed by atoms with van der Waals surface area (Å²) < 4.78 is 0. The summed E-state index contributed by atoms with van der Waals surface area (Å²) in [5, 5.41) is 3.72. The zero-order valence-electron chi connectivity index (χ0n) is 9.04. The molecule has 1 heteroatoms. The van der Waals surface area contributed by atoms with Crippen LogP contribution in [0.4, 0.5) is 0 Å². The standard InChI is InChI=1S/C11H23N/c1-5-11(7-6-8-11)12-9-10(2,3)4/h12H,5-9H2,1-4H3. The molecule has 0 atom stereocenters. The average molecular weight is 169 g/mol. The molecule has 0 aliphatic heterocycles. The van der Waals surface area contributed by atoms with E-state index in [9.17, 15) is 0 Å². The molecule has 1 saturated carbocycles. The van der Waals surface area contributed by atoms with Gasteiger partial charge in [0.25, 0.3) is 0 Å². The molecule has 1 fully saturated rings. The van der Waals surface area contributed by atoms with Crippen LogP contribution in [-0.2, 0) is 0 Å². The van der Waals surface area contributed by atoms with E-state index < -0.39 is 0 Å². The SMILES string of the molecule is CCC1(NCC(C)(C)C)CCC1. The Bertz CT molecular complexity index is 134. The van der Waals surface area contributed by atoms with Crippen LogP contribution in [0.15, 0.2) is 0 Å². The van der Waals surface area contributed by atoms with Crippen LogP contribution in [0.3, 0.4) is 0 Å². The smallest absolute Gasteiger partial charge is 0.0179 e. The molecule has 0 amide bonds. The topological polar surface area (TPSA) is 12.0 Å². The Morgan fingerprint density at radius 2 is 1.83 bits per heavy atom. The molecule has 0 aromatic carbocycles. The van der Waals surface area contributed by atoms with Crippen molar-refractivity contribution in [2.24, 2.45) is 5.41 Å². The fourth-order valence-electron chi connectivity index (χ4n) is 1.71. The maximum absolute atomic E-state index is 3.72. The Labute approximate surface area is 76.9 Å². The van der Waals surface area contributed by atoms with Crippen molar-refractivity contribution in [3.05, 3.63) is 0 Å². The Balaban J connectivity index is 2.30. The quantitative estimate of drug-likeness (QED) is 0.685. The Kier molecular flexibility index (Phi) is 2.82. The lowest BCUT2D eigenvalue weighted by molar-refractivity contribution is 0.157. The first-order chi connectivity index (χ1) is 5.47. The van der Waals surface area contributed by atoms with Gasteiger partial charge in [0.1, 0.15) is 0 Å². The number of hydrogen-bond acceptors (Lipinski definition) is 1. The Hall–Kier alpha value is -0.0400. The molecule has 1 nitrogen and oxygen atoms in total. The third-order valence-corrected chi connectivity index (χ3v) is 2.98. The first-order valence-corrected chi connectivity index (χ1v) is 5.22. The second-order valence-electron chi connectivity index (χ2n) is 5.40. The van der Waals surface area contributed by atoms with Crippen LogP contribution in [-0.4, -0.2) is 12.1 Å². The summed E-state index contributed by atoms with van der Waals surface area (Å²) in [7, 11) is 0. The van der Waals surface area contributed by atoms with Crippen LogP contribution < -0.4 is 5.32 Å². The van der Waals surface area contributed by atoms with Gasteiger partial charge in [0.2, 0.25) is 0 Å². The molecule has 1 N–H and O–H groups in total. The molecule has 0 aromatic heterocycles. The Morgan fingerprint density at radius 3 is 2.08 bits per heavy atom. The molecule has 72 valence electrons. The molecule has 0 unspecified atom stereocenters. The zero-order chi connectivity index (χ0) is 9.24. The van der Waals surface area contributed by atoms with Gasteiger partial charge < -0.3 is 5.32 Å². The number of nitrogens with one attached hydrogen (secondary N) is 1. The summed E-state index contributed by atoms with van der Waals surface area (Å²) in [4.78, 5) is 0. The van der Waals surface area contributed by atoms with E-state index in [0.717, 1.165) is 6.54 Å². The van der Waals surface area contributed by atoms with Crippen molar-refractivity contribution in [2.45, 2.75) is 58.9 Å². The molecule has 1 rings (SSSR count). The largest absolute Gasteiger partial charge is 0.311 e. The molecular formula is C11H23N. The fourth-order valence-corrected chi connectivity index (χ4v) is 1.71. The lowest BCUT2D eigenvalue weighted by atomic mass is 9.74. The molecule has 1 aliphatic rings. The van der Waals surface area contributed by atoms with E-state index in [2.05, 4.69) is 33.0 Å². The van der Waals surface area contributed by atoms with Crippen LogP contribution in [0.25, 0.3) is 0 Å². The maximum Gasteiger partial charge on any atom is 0.0179 e. The van der Waals surface area contributed by atoms with Gasteiger partial charge in [-0.05, 0) is 31.1 Å². The lowest BCUT2D eigenvalue weighted by Gasteiger charge is -2.44. The second kappa shape index (κ2) is 3.37. The summed E-state index contributed by atoms with van der Waals surface area (Å²) in [5.41, 5.74) is 0.949. The molecular weight excluding hydrogens is 146 g/mol. The zero-order valence-corrected chi connectivity index (χ0v) is 9.04. The third kappa shape index (κ3) is 2.48. The van der Waals surface area contributed by atoms with E-state index in [1.165, 1.54) is 25.7 Å². The van der Waals surface area contributed by atoms with E-state index in [-0.39, 0.29) is 0 Å². The van der Waals surface area contributed by atoms with E-state index >= 15 is 0 Å². The van der Waals surface area contributed by atoms with Crippen molar-refractivity contribution < 1.29 is 0 Å². The first-order valence-electron chi connectivity index (χ1n) is 5.22. The lowest BCUT2D eigenvalue weighted by Crippen LogP contribution is -2.52. The molecule has 12 heavy (non-hydrogen) atoms. The summed E-state index contributed by atoms with van der Waals surface area (Å²) in [6, 6.07) is 0. The fraction of sp³-hybridized carbons (Fsp3) is 1.00. The summed E-state index contributed by atoms with van der Waals surface area (Å²) in [6.45, 7) is 10.3. The minimum atomic E-state index is 0.428. The van der Waals surface area contributed by atoms with Crippen molar-refractivity contribution in [1.82, 2.24) is 5.32 Å². The highest BCUT2D eigenvalue weighted by molar-refractivity contribution is 4.95. The molecule has 0 heterocycles. The average Bonchev–Trinajstić information content (AvgIpc) is 1.84. The third-order valence-electron chi connectivity index (χ3n) is 2.98. The van der Waals surface area contributed by atoms with Gasteiger partial charge in [-0.2, -0.15) is 0 Å². The van der Waals surface area contributed by atoms with E-state index in [0.29, 0.717) is 11.0 Å². The van der Waals surface area contributed by atoms with Crippen molar-refractivity contribution in [3.8, 4) is 0 Å². The monoisotopic (exact) mass is 169 g/mol. The summed E-state index contributed by atoms with van der Waals surface area (Å²) >= 11 is 0. The predicted octanol–water partition coefficient (Wildman–Crippen LogP) is 2.95. The minimum absolute atomic E-state index is 0.428. The van der Waals surface area contributed by atoms with Gasteiger partial charge in [0.05, 0.1) is 0 Å². The van der Waals surface area contributed by atoms with Gasteiger partial charge in [-0.1, -0.05) is 27.7 Å². The van der Waals surface area contributed by atoms with Crippen molar-refractivity contribution in [1.29, 1.82) is 0 Å². The van der Waals surface area contributed by atoms with Gasteiger partial charge in [-0.3, -0.25) is 0 Å². The van der Waals surface area contributed by atoms with E-state index in [1.807, 2.05) is 0 Å². The van der Waals surface area contributed by atoms with E-state index in [4.69, 9.17) is 0 Å². The first kappa shape index (κ1) is 10.0. The Morgan fingerprint density at radius 1 is 1.25 bits per heavy atom.